The monoisotopic (exact) mass is 263 g/mol. The minimum atomic E-state index is -0.473. The quantitative estimate of drug-likeness (QED) is 0.856. The predicted molar refractivity (Wildman–Crippen MR) is 74.8 cm³/mol. The van der Waals surface area contributed by atoms with Crippen LogP contribution in [0.1, 0.15) is 25.8 Å². The average Bonchev–Trinajstić information content (AvgIpc) is 2.80. The molecule has 1 aliphatic rings. The van der Waals surface area contributed by atoms with Crippen molar-refractivity contribution < 1.29 is 14.6 Å². The summed E-state index contributed by atoms with van der Waals surface area (Å²) in [5.74, 6) is 1.58. The number of ether oxygens (including phenoxy) is 2. The van der Waals surface area contributed by atoms with Crippen molar-refractivity contribution in [3.05, 3.63) is 29.8 Å². The van der Waals surface area contributed by atoms with Crippen molar-refractivity contribution in [3.8, 4) is 5.75 Å². The summed E-state index contributed by atoms with van der Waals surface area (Å²) < 4.78 is 11.1. The Hall–Kier alpha value is -1.55. The lowest BCUT2D eigenvalue weighted by Gasteiger charge is -2.12. The number of benzene rings is 1. The summed E-state index contributed by atoms with van der Waals surface area (Å²) in [6.45, 7) is 5.19. The Morgan fingerprint density at radius 1 is 1.37 bits per heavy atom. The molecule has 4 nitrogen and oxygen atoms in total. The Balaban J connectivity index is 1.95. The first kappa shape index (κ1) is 13.9. The molecular weight excluding hydrogens is 242 g/mol. The van der Waals surface area contributed by atoms with Crippen molar-refractivity contribution >= 4 is 5.90 Å². The number of aliphatic imine (C=N–C) groups is 1. The van der Waals surface area contributed by atoms with E-state index in [2.05, 4.69) is 11.9 Å². The van der Waals surface area contributed by atoms with E-state index in [1.807, 2.05) is 31.2 Å². The lowest BCUT2D eigenvalue weighted by Crippen LogP contribution is -2.28. The fourth-order valence-electron chi connectivity index (χ4n) is 1.87. The largest absolute Gasteiger partial charge is 0.494 e. The van der Waals surface area contributed by atoms with Gasteiger partial charge < -0.3 is 14.6 Å². The Morgan fingerprint density at radius 3 is 2.68 bits per heavy atom. The first-order chi connectivity index (χ1) is 9.15. The lowest BCUT2D eigenvalue weighted by molar-refractivity contribution is 0.169. The van der Waals surface area contributed by atoms with Gasteiger partial charge >= 0.3 is 0 Å². The van der Waals surface area contributed by atoms with Gasteiger partial charge in [-0.3, -0.25) is 0 Å². The Kier molecular flexibility index (Phi) is 4.43. The Morgan fingerprint density at radius 2 is 2.11 bits per heavy atom. The van der Waals surface area contributed by atoms with Gasteiger partial charge in [0.1, 0.15) is 17.9 Å². The van der Waals surface area contributed by atoms with Crippen molar-refractivity contribution in [2.24, 2.45) is 4.99 Å². The standard InChI is InChI=1S/C15H21NO3/c1-3-8-18-13-6-4-12(5-7-13)9-14-16-15(2,10-17)11-19-14/h4-7,17H,3,8-11H2,1-2H3. The van der Waals surface area contributed by atoms with Crippen LogP contribution in [0.3, 0.4) is 0 Å². The molecule has 0 saturated heterocycles. The molecule has 2 rings (SSSR count). The van der Waals surface area contributed by atoms with Crippen LogP contribution in [-0.2, 0) is 11.2 Å². The normalized spacial score (nSPS) is 21.9. The third kappa shape index (κ3) is 3.70. The van der Waals surface area contributed by atoms with Crippen LogP contribution in [0, 0.1) is 0 Å². The van der Waals surface area contributed by atoms with Crippen molar-refractivity contribution in [2.75, 3.05) is 19.8 Å². The molecule has 0 fully saturated rings. The zero-order valence-electron chi connectivity index (χ0n) is 11.6. The van der Waals surface area contributed by atoms with Crippen molar-refractivity contribution in [2.45, 2.75) is 32.2 Å². The predicted octanol–water partition coefficient (Wildman–Crippen LogP) is 2.20. The summed E-state index contributed by atoms with van der Waals surface area (Å²) in [5.41, 5.74) is 0.657. The number of hydrogen-bond donors (Lipinski definition) is 1. The van der Waals surface area contributed by atoms with Crippen molar-refractivity contribution in [3.63, 3.8) is 0 Å². The van der Waals surface area contributed by atoms with Gasteiger partial charge in [-0.15, -0.1) is 0 Å². The molecule has 0 aliphatic carbocycles. The van der Waals surface area contributed by atoms with Gasteiger partial charge in [-0.05, 0) is 31.0 Å². The topological polar surface area (TPSA) is 51.0 Å². The van der Waals surface area contributed by atoms with Gasteiger partial charge in [-0.25, -0.2) is 4.99 Å². The van der Waals surface area contributed by atoms with E-state index in [-0.39, 0.29) is 6.61 Å². The zero-order valence-corrected chi connectivity index (χ0v) is 11.6. The average molecular weight is 263 g/mol. The summed E-state index contributed by atoms with van der Waals surface area (Å²) >= 11 is 0. The molecule has 1 atom stereocenters. The van der Waals surface area contributed by atoms with E-state index in [9.17, 15) is 5.11 Å². The highest BCUT2D eigenvalue weighted by Gasteiger charge is 2.30. The molecule has 0 aromatic heterocycles. The van der Waals surface area contributed by atoms with Crippen molar-refractivity contribution in [1.82, 2.24) is 0 Å². The van der Waals surface area contributed by atoms with Crippen molar-refractivity contribution in [1.29, 1.82) is 0 Å². The number of rotatable bonds is 6. The maximum Gasteiger partial charge on any atom is 0.188 e. The SMILES string of the molecule is CCCOc1ccc(CC2=NC(C)(CO)CO2)cc1. The number of nitrogens with zero attached hydrogens (tertiary/aromatic N) is 1. The molecular formula is C15H21NO3. The fourth-order valence-corrected chi connectivity index (χ4v) is 1.87. The van der Waals surface area contributed by atoms with Gasteiger partial charge in [0.25, 0.3) is 0 Å². The molecule has 1 unspecified atom stereocenters. The molecule has 104 valence electrons. The van der Waals surface area contributed by atoms with Gasteiger partial charge in [-0.2, -0.15) is 0 Å². The van der Waals surface area contributed by atoms with E-state index in [1.54, 1.807) is 0 Å². The fraction of sp³-hybridized carbons (Fsp3) is 0.533. The summed E-state index contributed by atoms with van der Waals surface area (Å²) in [5, 5.41) is 9.22. The Bertz CT molecular complexity index is 441. The number of aliphatic hydroxyl groups excluding tert-OH is 1. The van der Waals surface area contributed by atoms with E-state index >= 15 is 0 Å². The van der Waals surface area contributed by atoms with Gasteiger partial charge in [0.05, 0.1) is 13.2 Å². The van der Waals surface area contributed by atoms with Gasteiger partial charge in [-0.1, -0.05) is 19.1 Å². The second-order valence-corrected chi connectivity index (χ2v) is 5.12. The Labute approximate surface area is 114 Å². The molecule has 0 saturated carbocycles. The lowest BCUT2D eigenvalue weighted by atomic mass is 10.1. The molecule has 0 spiro atoms. The maximum absolute atomic E-state index is 9.22. The maximum atomic E-state index is 9.22. The van der Waals surface area contributed by atoms with E-state index in [0.29, 0.717) is 18.9 Å². The summed E-state index contributed by atoms with van der Waals surface area (Å²) in [6, 6.07) is 7.97. The van der Waals surface area contributed by atoms with Gasteiger partial charge in [0.15, 0.2) is 5.90 Å². The smallest absolute Gasteiger partial charge is 0.188 e. The molecule has 4 heteroatoms. The van der Waals surface area contributed by atoms with E-state index in [1.165, 1.54) is 0 Å². The van der Waals surface area contributed by atoms with Gasteiger partial charge in [0.2, 0.25) is 0 Å². The molecule has 19 heavy (non-hydrogen) atoms. The van der Waals surface area contributed by atoms with Gasteiger partial charge in [0, 0.05) is 6.42 Å². The van der Waals surface area contributed by atoms with Crippen LogP contribution in [-0.4, -0.2) is 36.4 Å². The van der Waals surface area contributed by atoms with E-state index in [4.69, 9.17) is 9.47 Å². The number of hydrogen-bond acceptors (Lipinski definition) is 4. The molecule has 1 N–H and O–H groups in total. The first-order valence-electron chi connectivity index (χ1n) is 6.69. The minimum Gasteiger partial charge on any atom is -0.494 e. The third-order valence-corrected chi connectivity index (χ3v) is 3.04. The van der Waals surface area contributed by atoms with Crippen LogP contribution in [0.25, 0.3) is 0 Å². The summed E-state index contributed by atoms with van der Waals surface area (Å²) in [6.07, 6.45) is 1.66. The molecule has 1 aromatic rings. The van der Waals surface area contributed by atoms with Crippen LogP contribution in [0.5, 0.6) is 5.75 Å². The number of aliphatic hydroxyl groups is 1. The van der Waals surface area contributed by atoms with E-state index < -0.39 is 5.54 Å². The minimum absolute atomic E-state index is 0.0142. The van der Waals surface area contributed by atoms with Crippen LogP contribution in [0.2, 0.25) is 0 Å². The molecule has 0 amide bonds. The molecule has 0 bridgehead atoms. The van der Waals surface area contributed by atoms with Crippen LogP contribution in [0.4, 0.5) is 0 Å². The van der Waals surface area contributed by atoms with Crippen LogP contribution < -0.4 is 4.74 Å². The highest BCUT2D eigenvalue weighted by atomic mass is 16.5. The first-order valence-corrected chi connectivity index (χ1v) is 6.69. The molecule has 0 radical (unpaired) electrons. The summed E-state index contributed by atoms with van der Waals surface area (Å²) in [4.78, 5) is 4.42. The van der Waals surface area contributed by atoms with Crippen LogP contribution in [0.15, 0.2) is 29.3 Å². The molecule has 1 aromatic carbocycles. The zero-order chi connectivity index (χ0) is 13.7. The molecule has 1 heterocycles. The third-order valence-electron chi connectivity index (χ3n) is 3.04. The highest BCUT2D eigenvalue weighted by Crippen LogP contribution is 2.20. The molecule has 1 aliphatic heterocycles. The summed E-state index contributed by atoms with van der Waals surface area (Å²) in [7, 11) is 0. The second-order valence-electron chi connectivity index (χ2n) is 5.12. The van der Waals surface area contributed by atoms with E-state index in [0.717, 1.165) is 24.3 Å². The second kappa shape index (κ2) is 6.06. The highest BCUT2D eigenvalue weighted by molar-refractivity contribution is 5.80. The van der Waals surface area contributed by atoms with Crippen LogP contribution >= 0.6 is 0 Å².